The molecular weight excluding hydrogens is 209 g/mol. The summed E-state index contributed by atoms with van der Waals surface area (Å²) in [5, 5.41) is 3.39. The summed E-state index contributed by atoms with van der Waals surface area (Å²) in [6, 6.07) is 0.954. The fourth-order valence-corrected chi connectivity index (χ4v) is 1.02. The van der Waals surface area contributed by atoms with Gasteiger partial charge in [0.2, 0.25) is 0 Å². The Hall–Kier alpha value is -1.04. The smallest absolute Gasteiger partial charge is 0.377 e. The molecule has 1 aromatic rings. The minimum Gasteiger partial charge on any atom is -0.377 e. The van der Waals surface area contributed by atoms with E-state index >= 15 is 0 Å². The predicted molar refractivity (Wildman–Crippen MR) is 48.3 cm³/mol. The van der Waals surface area contributed by atoms with E-state index in [-0.39, 0.29) is 6.10 Å². The van der Waals surface area contributed by atoms with E-state index < -0.39 is 11.9 Å². The zero-order valence-electron chi connectivity index (χ0n) is 8.58. The van der Waals surface area contributed by atoms with Crippen molar-refractivity contribution >= 4 is 0 Å². The second-order valence-corrected chi connectivity index (χ2v) is 3.38. The lowest BCUT2D eigenvalue weighted by atomic mass is 10.4. The van der Waals surface area contributed by atoms with Gasteiger partial charge in [0.15, 0.2) is 5.69 Å². The van der Waals surface area contributed by atoms with Crippen molar-refractivity contribution in [1.82, 2.24) is 9.78 Å². The zero-order valence-corrected chi connectivity index (χ0v) is 8.58. The van der Waals surface area contributed by atoms with Crippen molar-refractivity contribution in [3.63, 3.8) is 0 Å². The molecule has 0 N–H and O–H groups in total. The van der Waals surface area contributed by atoms with Crippen LogP contribution in [0.15, 0.2) is 12.3 Å². The zero-order chi connectivity index (χ0) is 11.5. The summed E-state index contributed by atoms with van der Waals surface area (Å²) in [4.78, 5) is 0. The van der Waals surface area contributed by atoms with Crippen LogP contribution in [0.3, 0.4) is 0 Å². The van der Waals surface area contributed by atoms with E-state index in [0.717, 1.165) is 6.07 Å². The Morgan fingerprint density at radius 2 is 2.13 bits per heavy atom. The third-order valence-electron chi connectivity index (χ3n) is 1.70. The molecule has 0 amide bonds. The first-order valence-corrected chi connectivity index (χ1v) is 4.62. The van der Waals surface area contributed by atoms with Gasteiger partial charge in [0.1, 0.15) is 0 Å². The number of hydrogen-bond donors (Lipinski definition) is 0. The average Bonchev–Trinajstić information content (AvgIpc) is 2.51. The highest BCUT2D eigenvalue weighted by Gasteiger charge is 2.33. The Labute approximate surface area is 85.8 Å². The lowest BCUT2D eigenvalue weighted by molar-refractivity contribution is -0.141. The molecule has 1 heterocycles. The van der Waals surface area contributed by atoms with Gasteiger partial charge in [-0.3, -0.25) is 4.68 Å². The van der Waals surface area contributed by atoms with Gasteiger partial charge in [0.25, 0.3) is 0 Å². The fourth-order valence-electron chi connectivity index (χ4n) is 1.02. The summed E-state index contributed by atoms with van der Waals surface area (Å²) in [5.41, 5.74) is -0.868. The molecule has 1 aromatic heterocycles. The second kappa shape index (κ2) is 4.65. The summed E-state index contributed by atoms with van der Waals surface area (Å²) < 4.78 is 42.9. The molecule has 86 valence electrons. The van der Waals surface area contributed by atoms with Crippen molar-refractivity contribution < 1.29 is 17.9 Å². The highest BCUT2D eigenvalue weighted by Crippen LogP contribution is 2.27. The van der Waals surface area contributed by atoms with Crippen molar-refractivity contribution in [3.05, 3.63) is 18.0 Å². The number of hydrogen-bond acceptors (Lipinski definition) is 2. The first kappa shape index (κ1) is 12.0. The van der Waals surface area contributed by atoms with Crippen molar-refractivity contribution in [2.75, 3.05) is 6.61 Å². The molecule has 0 aliphatic rings. The van der Waals surface area contributed by atoms with E-state index in [1.807, 2.05) is 13.8 Å². The van der Waals surface area contributed by atoms with Crippen LogP contribution < -0.4 is 0 Å². The van der Waals surface area contributed by atoms with Crippen molar-refractivity contribution in [2.45, 2.75) is 32.7 Å². The molecule has 0 saturated heterocycles. The maximum atomic E-state index is 12.1. The normalized spacial score (nSPS) is 12.4. The summed E-state index contributed by atoms with van der Waals surface area (Å²) in [6.45, 7) is 4.42. The molecule has 0 radical (unpaired) electrons. The summed E-state index contributed by atoms with van der Waals surface area (Å²) in [6.07, 6.45) is -3.00. The highest BCUT2D eigenvalue weighted by molar-refractivity contribution is 5.03. The Morgan fingerprint density at radius 3 is 2.60 bits per heavy atom. The van der Waals surface area contributed by atoms with Gasteiger partial charge in [0.05, 0.1) is 19.3 Å². The average molecular weight is 222 g/mol. The minimum absolute atomic E-state index is 0.0719. The van der Waals surface area contributed by atoms with E-state index in [1.54, 1.807) is 0 Å². The van der Waals surface area contributed by atoms with Crippen LogP contribution in [0.4, 0.5) is 13.2 Å². The van der Waals surface area contributed by atoms with Crippen LogP contribution in [0, 0.1) is 0 Å². The number of aromatic nitrogens is 2. The molecule has 1 rings (SSSR count). The monoisotopic (exact) mass is 222 g/mol. The number of ether oxygens (including phenoxy) is 1. The van der Waals surface area contributed by atoms with Crippen LogP contribution in [0.1, 0.15) is 19.5 Å². The molecule has 0 spiro atoms. The molecule has 0 unspecified atom stereocenters. The Bertz CT molecular complexity index is 307. The second-order valence-electron chi connectivity index (χ2n) is 3.38. The number of halogens is 3. The van der Waals surface area contributed by atoms with E-state index in [9.17, 15) is 13.2 Å². The third kappa shape index (κ3) is 3.91. The lowest BCUT2D eigenvalue weighted by Crippen LogP contribution is -2.12. The predicted octanol–water partition coefficient (Wildman–Crippen LogP) is 2.33. The van der Waals surface area contributed by atoms with Gasteiger partial charge < -0.3 is 4.74 Å². The van der Waals surface area contributed by atoms with Crippen molar-refractivity contribution in [2.24, 2.45) is 0 Å². The molecule has 15 heavy (non-hydrogen) atoms. The van der Waals surface area contributed by atoms with Gasteiger partial charge in [-0.2, -0.15) is 18.3 Å². The first-order valence-electron chi connectivity index (χ1n) is 4.62. The summed E-state index contributed by atoms with van der Waals surface area (Å²) >= 11 is 0. The molecule has 0 atom stereocenters. The van der Waals surface area contributed by atoms with Crippen LogP contribution in [-0.2, 0) is 17.5 Å². The molecule has 0 fully saturated rings. The van der Waals surface area contributed by atoms with Gasteiger partial charge in [-0.15, -0.1) is 0 Å². The van der Waals surface area contributed by atoms with E-state index in [2.05, 4.69) is 5.10 Å². The Kier molecular flexibility index (Phi) is 3.73. The van der Waals surface area contributed by atoms with Crippen LogP contribution in [0.2, 0.25) is 0 Å². The lowest BCUT2D eigenvalue weighted by Gasteiger charge is -2.07. The SMILES string of the molecule is CC(C)OCCn1ccc(C(F)(F)F)n1. The van der Waals surface area contributed by atoms with Gasteiger partial charge in [0, 0.05) is 6.20 Å². The van der Waals surface area contributed by atoms with Crippen LogP contribution in [0.25, 0.3) is 0 Å². The first-order chi connectivity index (χ1) is 6.89. The maximum absolute atomic E-state index is 12.1. The van der Waals surface area contributed by atoms with E-state index in [1.165, 1.54) is 10.9 Å². The molecule has 3 nitrogen and oxygen atoms in total. The molecule has 0 bridgehead atoms. The number of rotatable bonds is 4. The molecule has 0 saturated carbocycles. The molecule has 0 aliphatic carbocycles. The van der Waals surface area contributed by atoms with E-state index in [4.69, 9.17) is 4.74 Å². The van der Waals surface area contributed by atoms with Crippen molar-refractivity contribution in [3.8, 4) is 0 Å². The van der Waals surface area contributed by atoms with Crippen LogP contribution in [0.5, 0.6) is 0 Å². The maximum Gasteiger partial charge on any atom is 0.435 e. The molecule has 6 heteroatoms. The molecule has 0 aromatic carbocycles. The Morgan fingerprint density at radius 1 is 1.47 bits per heavy atom. The van der Waals surface area contributed by atoms with Gasteiger partial charge in [-0.1, -0.05) is 0 Å². The minimum atomic E-state index is -4.37. The molecular formula is C9H13F3N2O. The highest BCUT2D eigenvalue weighted by atomic mass is 19.4. The van der Waals surface area contributed by atoms with Crippen LogP contribution in [-0.4, -0.2) is 22.5 Å². The number of alkyl halides is 3. The quantitative estimate of drug-likeness (QED) is 0.781. The number of nitrogens with zero attached hydrogens (tertiary/aromatic N) is 2. The standard InChI is InChI=1S/C9H13F3N2O/c1-7(2)15-6-5-14-4-3-8(13-14)9(10,11)12/h3-4,7H,5-6H2,1-2H3. The topological polar surface area (TPSA) is 27.1 Å². The fraction of sp³-hybridized carbons (Fsp3) is 0.667. The molecule has 0 aliphatic heterocycles. The third-order valence-corrected chi connectivity index (χ3v) is 1.70. The largest absolute Gasteiger partial charge is 0.435 e. The van der Waals surface area contributed by atoms with Crippen molar-refractivity contribution in [1.29, 1.82) is 0 Å². The summed E-state index contributed by atoms with van der Waals surface area (Å²) in [7, 11) is 0. The van der Waals surface area contributed by atoms with Crippen LogP contribution >= 0.6 is 0 Å². The Balaban J connectivity index is 2.47. The van der Waals surface area contributed by atoms with Gasteiger partial charge in [-0.25, -0.2) is 0 Å². The van der Waals surface area contributed by atoms with Gasteiger partial charge >= 0.3 is 6.18 Å². The van der Waals surface area contributed by atoms with Gasteiger partial charge in [-0.05, 0) is 19.9 Å². The van der Waals surface area contributed by atoms with E-state index in [0.29, 0.717) is 13.2 Å². The summed E-state index contributed by atoms with van der Waals surface area (Å²) in [5.74, 6) is 0.